The van der Waals surface area contributed by atoms with Crippen LogP contribution in [0.25, 0.3) is 6.08 Å². The van der Waals surface area contributed by atoms with Crippen LogP contribution in [0.3, 0.4) is 0 Å². The first kappa shape index (κ1) is 14.8. The quantitative estimate of drug-likeness (QED) is 0.711. The van der Waals surface area contributed by atoms with Gasteiger partial charge in [-0.15, -0.1) is 5.98 Å². The first-order chi connectivity index (χ1) is 8.54. The number of benzene rings is 1. The van der Waals surface area contributed by atoms with Crippen molar-refractivity contribution in [3.05, 3.63) is 35.8 Å². The fourth-order valence-corrected chi connectivity index (χ4v) is 1.91. The van der Waals surface area contributed by atoms with Crippen LogP contribution in [0, 0.1) is 0 Å². The lowest BCUT2D eigenvalue weighted by Gasteiger charge is -2.28. The highest BCUT2D eigenvalue weighted by Gasteiger charge is 2.11. The maximum atomic E-state index is 5.13. The van der Waals surface area contributed by atoms with Gasteiger partial charge in [0.15, 0.2) is 0 Å². The molecule has 0 bridgehead atoms. The van der Waals surface area contributed by atoms with Gasteiger partial charge >= 0.3 is 0 Å². The number of hydrogen-bond donors (Lipinski definition) is 0. The van der Waals surface area contributed by atoms with Crippen molar-refractivity contribution < 1.29 is 4.74 Å². The monoisotopic (exact) mass is 244 g/mol. The van der Waals surface area contributed by atoms with E-state index < -0.39 is 0 Å². The zero-order valence-electron chi connectivity index (χ0n) is 12.1. The second-order valence-corrected chi connectivity index (χ2v) is 4.92. The third kappa shape index (κ3) is 4.57. The van der Waals surface area contributed by atoms with Crippen LogP contribution in [0.15, 0.2) is 30.2 Å². The summed E-state index contributed by atoms with van der Waals surface area (Å²) in [5.74, 6) is 2.99. The Labute approximate surface area is 112 Å². The molecule has 1 aromatic carbocycles. The molecule has 0 aliphatic heterocycles. The molecule has 0 unspecified atom stereocenters. The van der Waals surface area contributed by atoms with Gasteiger partial charge in [-0.05, 0) is 29.8 Å². The molecule has 0 N–H and O–H groups in total. The maximum absolute atomic E-state index is 5.13. The first-order valence-corrected chi connectivity index (χ1v) is 6.47. The molecule has 0 saturated heterocycles. The summed E-state index contributed by atoms with van der Waals surface area (Å²) in [6.07, 6.45) is 2.11. The van der Waals surface area contributed by atoms with Gasteiger partial charge in [0.1, 0.15) is 5.75 Å². The van der Waals surface area contributed by atoms with Crippen LogP contribution in [-0.4, -0.2) is 31.4 Å². The van der Waals surface area contributed by atoms with Crippen molar-refractivity contribution in [2.45, 2.75) is 39.8 Å². The van der Waals surface area contributed by atoms with Crippen molar-refractivity contribution in [2.24, 2.45) is 0 Å². The van der Waals surface area contributed by atoms with Crippen molar-refractivity contribution in [1.82, 2.24) is 4.81 Å². The topological polar surface area (TPSA) is 12.5 Å². The molecule has 0 saturated carbocycles. The predicted octanol–water partition coefficient (Wildman–Crippen LogP) is 3.40. The zero-order chi connectivity index (χ0) is 13.5. The minimum atomic E-state index is 0.519. The van der Waals surface area contributed by atoms with Gasteiger partial charge in [0.25, 0.3) is 0 Å². The van der Waals surface area contributed by atoms with E-state index in [9.17, 15) is 0 Å². The summed E-state index contributed by atoms with van der Waals surface area (Å²) in [6.45, 7) is 8.82. The fourth-order valence-electron chi connectivity index (χ4n) is 1.91. The van der Waals surface area contributed by atoms with E-state index in [1.165, 1.54) is 5.56 Å². The number of ether oxygens (including phenoxy) is 1. The second kappa shape index (κ2) is 7.27. The Morgan fingerprint density at radius 3 is 2.06 bits per heavy atom. The summed E-state index contributed by atoms with van der Waals surface area (Å²) in [4.78, 5) is 2.33. The Hall–Kier alpha value is -1.22. The molecular weight excluding hydrogens is 221 g/mol. The molecule has 0 aliphatic rings. The molecule has 3 heteroatoms. The summed E-state index contributed by atoms with van der Waals surface area (Å²) < 4.78 is 5.13. The Balaban J connectivity index is 2.57. The van der Waals surface area contributed by atoms with Gasteiger partial charge in [0.05, 0.1) is 7.11 Å². The van der Waals surface area contributed by atoms with E-state index in [1.54, 1.807) is 7.11 Å². The molecule has 0 amide bonds. The van der Waals surface area contributed by atoms with Gasteiger partial charge in [-0.3, -0.25) is 0 Å². The molecule has 1 rings (SSSR count). The molecule has 2 nitrogen and oxygen atoms in total. The zero-order valence-corrected chi connectivity index (χ0v) is 12.1. The van der Waals surface area contributed by atoms with Crippen molar-refractivity contribution >= 4 is 13.5 Å². The van der Waals surface area contributed by atoms with E-state index in [1.807, 2.05) is 12.1 Å². The number of methoxy groups -OCH3 is 1. The Morgan fingerprint density at radius 1 is 1.06 bits per heavy atom. The Kier molecular flexibility index (Phi) is 6.00. The molecule has 18 heavy (non-hydrogen) atoms. The van der Waals surface area contributed by atoms with Crippen LogP contribution in [0.2, 0.25) is 0 Å². The first-order valence-electron chi connectivity index (χ1n) is 6.47. The van der Waals surface area contributed by atoms with Crippen molar-refractivity contribution in [3.8, 4) is 5.75 Å². The molecule has 0 atom stereocenters. The summed E-state index contributed by atoms with van der Waals surface area (Å²) in [7, 11) is 3.83. The van der Waals surface area contributed by atoms with Crippen LogP contribution in [0.1, 0.15) is 33.3 Å². The lowest BCUT2D eigenvalue weighted by atomic mass is 9.86. The average Bonchev–Trinajstić information content (AvgIpc) is 2.34. The molecule has 97 valence electrons. The number of nitrogens with zero attached hydrogens (tertiary/aromatic N) is 1. The number of hydrogen-bond acceptors (Lipinski definition) is 2. The molecular formula is C15H23BNO. The molecule has 0 heterocycles. The highest BCUT2D eigenvalue weighted by molar-refractivity contribution is 6.40. The Morgan fingerprint density at radius 2 is 1.61 bits per heavy atom. The third-order valence-electron chi connectivity index (χ3n) is 2.86. The molecule has 0 spiro atoms. The van der Waals surface area contributed by atoms with Gasteiger partial charge in [-0.2, -0.15) is 0 Å². The Bertz CT molecular complexity index is 363. The van der Waals surface area contributed by atoms with Gasteiger partial charge < -0.3 is 9.55 Å². The third-order valence-corrected chi connectivity index (χ3v) is 2.86. The average molecular weight is 244 g/mol. The van der Waals surface area contributed by atoms with Crippen LogP contribution in [0.5, 0.6) is 5.75 Å². The molecule has 1 aromatic rings. The van der Waals surface area contributed by atoms with Crippen LogP contribution >= 0.6 is 0 Å². The summed E-state index contributed by atoms with van der Waals surface area (Å²) in [6, 6.07) is 9.09. The van der Waals surface area contributed by atoms with Crippen molar-refractivity contribution in [2.75, 3.05) is 7.11 Å². The van der Waals surface area contributed by atoms with Crippen molar-refractivity contribution in [1.29, 1.82) is 0 Å². The summed E-state index contributed by atoms with van der Waals surface area (Å²) in [5, 5.41) is 0. The van der Waals surface area contributed by atoms with Crippen LogP contribution in [-0.2, 0) is 0 Å². The standard InChI is InChI=1S/C15H23BNO/c1-12(2)17(13(3)4)16-11-10-14-6-8-15(18-5)9-7-14/h6-13H,1-5H3/b11-10+. The lowest BCUT2D eigenvalue weighted by molar-refractivity contribution is 0.315. The van der Waals surface area contributed by atoms with E-state index in [0.29, 0.717) is 12.1 Å². The highest BCUT2D eigenvalue weighted by Crippen LogP contribution is 2.12. The van der Waals surface area contributed by atoms with E-state index in [2.05, 4.69) is 64.1 Å². The van der Waals surface area contributed by atoms with Gasteiger partial charge in [0, 0.05) is 0 Å². The molecule has 0 fully saturated rings. The van der Waals surface area contributed by atoms with Gasteiger partial charge in [-0.25, -0.2) is 0 Å². The summed E-state index contributed by atoms with van der Waals surface area (Å²) >= 11 is 0. The predicted molar refractivity (Wildman–Crippen MR) is 79.9 cm³/mol. The normalized spacial score (nSPS) is 11.8. The second-order valence-electron chi connectivity index (χ2n) is 4.92. The SMILES string of the molecule is COc1ccc(/C=C/[B]N(C(C)C)C(C)C)cc1. The van der Waals surface area contributed by atoms with E-state index in [4.69, 9.17) is 4.74 Å². The maximum Gasteiger partial charge on any atom is 0.239 e. The lowest BCUT2D eigenvalue weighted by Crippen LogP contribution is -2.39. The largest absolute Gasteiger partial charge is 0.497 e. The molecule has 0 aliphatic carbocycles. The highest BCUT2D eigenvalue weighted by atomic mass is 16.5. The van der Waals surface area contributed by atoms with Gasteiger partial charge in [0.2, 0.25) is 7.41 Å². The van der Waals surface area contributed by atoms with Crippen LogP contribution < -0.4 is 4.74 Å². The van der Waals surface area contributed by atoms with E-state index >= 15 is 0 Å². The van der Waals surface area contributed by atoms with Crippen molar-refractivity contribution in [3.63, 3.8) is 0 Å². The van der Waals surface area contributed by atoms with E-state index in [0.717, 1.165) is 5.75 Å². The summed E-state index contributed by atoms with van der Waals surface area (Å²) in [5.41, 5.74) is 1.18. The smallest absolute Gasteiger partial charge is 0.239 e. The fraction of sp³-hybridized carbons (Fsp3) is 0.467. The van der Waals surface area contributed by atoms with E-state index in [-0.39, 0.29) is 0 Å². The molecule has 1 radical (unpaired) electrons. The van der Waals surface area contributed by atoms with Crippen LogP contribution in [0.4, 0.5) is 0 Å². The minimum Gasteiger partial charge on any atom is -0.497 e. The minimum absolute atomic E-state index is 0.519. The molecule has 0 aromatic heterocycles. The van der Waals surface area contributed by atoms with Gasteiger partial charge in [-0.1, -0.05) is 45.9 Å². The number of rotatable bonds is 6.